The highest BCUT2D eigenvalue weighted by Crippen LogP contribution is 2.23. The molecule has 2 aromatic rings. The van der Waals surface area contributed by atoms with Gasteiger partial charge in [-0.1, -0.05) is 43.3 Å². The number of thiocarbonyl (C=S) groups is 1. The molecular weight excluding hydrogens is 290 g/mol. The van der Waals surface area contributed by atoms with E-state index < -0.39 is 0 Å². The standard InChI is InChI=1S/C18H23N3S/c1-2-10-20-11-13-21(14-12-20)18(22)19-17-9-5-7-15-6-3-4-8-16(15)17/h3-9H,2,10-14H2,1H3,(H,19,22)/p+1. The first-order valence-electron chi connectivity index (χ1n) is 8.15. The molecule has 0 unspecified atom stereocenters. The van der Waals surface area contributed by atoms with Gasteiger partial charge in [0.1, 0.15) is 0 Å². The van der Waals surface area contributed by atoms with Crippen molar-refractivity contribution in [2.45, 2.75) is 13.3 Å². The van der Waals surface area contributed by atoms with Crippen LogP contribution in [0.25, 0.3) is 10.8 Å². The van der Waals surface area contributed by atoms with Crippen molar-refractivity contribution in [2.75, 3.05) is 38.0 Å². The van der Waals surface area contributed by atoms with Crippen LogP contribution in [0.3, 0.4) is 0 Å². The highest BCUT2D eigenvalue weighted by molar-refractivity contribution is 7.80. The van der Waals surface area contributed by atoms with Gasteiger partial charge in [-0.3, -0.25) is 0 Å². The molecule has 1 heterocycles. The molecule has 0 aliphatic carbocycles. The summed E-state index contributed by atoms with van der Waals surface area (Å²) in [7, 11) is 0. The quantitative estimate of drug-likeness (QED) is 0.847. The number of nitrogens with one attached hydrogen (secondary N) is 2. The topological polar surface area (TPSA) is 19.7 Å². The maximum absolute atomic E-state index is 5.63. The van der Waals surface area contributed by atoms with E-state index in [0.717, 1.165) is 23.9 Å². The van der Waals surface area contributed by atoms with Crippen LogP contribution in [0.15, 0.2) is 42.5 Å². The highest BCUT2D eigenvalue weighted by atomic mass is 32.1. The lowest BCUT2D eigenvalue weighted by molar-refractivity contribution is -0.903. The van der Waals surface area contributed by atoms with Gasteiger partial charge in [0.25, 0.3) is 0 Å². The van der Waals surface area contributed by atoms with Crippen molar-refractivity contribution in [1.82, 2.24) is 4.90 Å². The smallest absolute Gasteiger partial charge is 0.173 e. The van der Waals surface area contributed by atoms with E-state index in [1.54, 1.807) is 4.90 Å². The predicted molar refractivity (Wildman–Crippen MR) is 97.6 cm³/mol. The minimum Gasteiger partial charge on any atom is -0.338 e. The maximum Gasteiger partial charge on any atom is 0.173 e. The van der Waals surface area contributed by atoms with Crippen LogP contribution < -0.4 is 10.2 Å². The van der Waals surface area contributed by atoms with E-state index in [0.29, 0.717) is 0 Å². The van der Waals surface area contributed by atoms with E-state index in [4.69, 9.17) is 12.2 Å². The molecule has 1 aliphatic heterocycles. The SMILES string of the molecule is CCC[NH+]1CCN(C(=S)Nc2cccc3ccccc23)CC1. The zero-order valence-corrected chi connectivity index (χ0v) is 14.0. The average Bonchev–Trinajstić information content (AvgIpc) is 2.56. The first kappa shape index (κ1) is 15.3. The van der Waals surface area contributed by atoms with Crippen LogP contribution in [0.1, 0.15) is 13.3 Å². The minimum atomic E-state index is 0.854. The first-order chi connectivity index (χ1) is 10.8. The van der Waals surface area contributed by atoms with Gasteiger partial charge in [0.2, 0.25) is 0 Å². The minimum absolute atomic E-state index is 0.854. The fourth-order valence-corrected chi connectivity index (χ4v) is 3.45. The monoisotopic (exact) mass is 314 g/mol. The summed E-state index contributed by atoms with van der Waals surface area (Å²) in [5, 5.41) is 6.77. The normalized spacial score (nSPS) is 16.0. The lowest BCUT2D eigenvalue weighted by Crippen LogP contribution is -3.14. The summed E-state index contributed by atoms with van der Waals surface area (Å²) in [5.74, 6) is 0. The number of piperazine rings is 1. The largest absolute Gasteiger partial charge is 0.338 e. The first-order valence-corrected chi connectivity index (χ1v) is 8.56. The van der Waals surface area contributed by atoms with Crippen LogP contribution >= 0.6 is 12.2 Å². The molecule has 0 spiro atoms. The molecule has 0 atom stereocenters. The van der Waals surface area contributed by atoms with Crippen molar-refractivity contribution in [3.8, 4) is 0 Å². The molecule has 2 aromatic carbocycles. The zero-order chi connectivity index (χ0) is 15.4. The lowest BCUT2D eigenvalue weighted by atomic mass is 10.1. The molecule has 0 saturated carbocycles. The van der Waals surface area contributed by atoms with Crippen molar-refractivity contribution in [3.05, 3.63) is 42.5 Å². The molecule has 0 bridgehead atoms. The van der Waals surface area contributed by atoms with E-state index >= 15 is 0 Å². The molecule has 1 saturated heterocycles. The molecule has 3 nitrogen and oxygen atoms in total. The third kappa shape index (κ3) is 3.39. The second-order valence-corrected chi connectivity index (χ2v) is 6.33. The Balaban J connectivity index is 1.67. The maximum atomic E-state index is 5.63. The molecule has 2 N–H and O–H groups in total. The molecule has 1 aliphatic rings. The summed E-state index contributed by atoms with van der Waals surface area (Å²) >= 11 is 5.63. The van der Waals surface area contributed by atoms with Gasteiger partial charge in [-0.2, -0.15) is 0 Å². The average molecular weight is 314 g/mol. The lowest BCUT2D eigenvalue weighted by Gasteiger charge is -2.33. The second kappa shape index (κ2) is 7.07. The number of nitrogens with zero attached hydrogens (tertiary/aromatic N) is 1. The number of hydrogen-bond acceptors (Lipinski definition) is 1. The number of hydrogen-bond donors (Lipinski definition) is 2. The molecular formula is C18H24N3S+. The summed E-state index contributed by atoms with van der Waals surface area (Å²) < 4.78 is 0. The third-order valence-corrected chi connectivity index (χ3v) is 4.75. The number of benzene rings is 2. The number of rotatable bonds is 3. The molecule has 1 fully saturated rings. The van der Waals surface area contributed by atoms with Crippen LogP contribution in [0, 0.1) is 0 Å². The van der Waals surface area contributed by atoms with Crippen LogP contribution in [0.4, 0.5) is 5.69 Å². The summed E-state index contributed by atoms with van der Waals surface area (Å²) in [6, 6.07) is 14.7. The number of fused-ring (bicyclic) bond motifs is 1. The van der Waals surface area contributed by atoms with Crippen molar-refractivity contribution < 1.29 is 4.90 Å². The van der Waals surface area contributed by atoms with Gasteiger partial charge in [0, 0.05) is 11.1 Å². The molecule has 3 rings (SSSR count). The van der Waals surface area contributed by atoms with Gasteiger partial charge in [0.05, 0.1) is 32.7 Å². The summed E-state index contributed by atoms with van der Waals surface area (Å²) in [6.07, 6.45) is 1.26. The van der Waals surface area contributed by atoms with Crippen molar-refractivity contribution in [2.24, 2.45) is 0 Å². The Bertz CT molecular complexity index is 642. The van der Waals surface area contributed by atoms with Crippen LogP contribution in [0.2, 0.25) is 0 Å². The van der Waals surface area contributed by atoms with E-state index in [2.05, 4.69) is 59.6 Å². The fraction of sp³-hybridized carbons (Fsp3) is 0.389. The van der Waals surface area contributed by atoms with E-state index in [9.17, 15) is 0 Å². The fourth-order valence-electron chi connectivity index (χ4n) is 3.16. The van der Waals surface area contributed by atoms with Gasteiger partial charge in [-0.25, -0.2) is 0 Å². The van der Waals surface area contributed by atoms with Gasteiger partial charge >= 0.3 is 0 Å². The van der Waals surface area contributed by atoms with Crippen LogP contribution in [-0.4, -0.2) is 42.7 Å². The zero-order valence-electron chi connectivity index (χ0n) is 13.1. The van der Waals surface area contributed by atoms with Crippen molar-refractivity contribution in [3.63, 3.8) is 0 Å². The summed E-state index contributed by atoms with van der Waals surface area (Å²) in [5.41, 5.74) is 1.10. The Morgan fingerprint density at radius 1 is 1.14 bits per heavy atom. The van der Waals surface area contributed by atoms with Gasteiger partial charge in [-0.15, -0.1) is 0 Å². The predicted octanol–water partition coefficient (Wildman–Crippen LogP) is 2.15. The highest BCUT2D eigenvalue weighted by Gasteiger charge is 2.21. The number of anilines is 1. The molecule has 0 aromatic heterocycles. The summed E-state index contributed by atoms with van der Waals surface area (Å²) in [6.45, 7) is 8.00. The Labute approximate surface area is 137 Å². The Morgan fingerprint density at radius 3 is 2.64 bits per heavy atom. The Morgan fingerprint density at radius 2 is 1.86 bits per heavy atom. The molecule has 22 heavy (non-hydrogen) atoms. The molecule has 116 valence electrons. The third-order valence-electron chi connectivity index (χ3n) is 4.39. The molecule has 0 radical (unpaired) electrons. The molecule has 4 heteroatoms. The van der Waals surface area contributed by atoms with E-state index in [-0.39, 0.29) is 0 Å². The van der Waals surface area contributed by atoms with E-state index in [1.165, 1.54) is 36.8 Å². The molecule has 0 amide bonds. The van der Waals surface area contributed by atoms with Crippen molar-refractivity contribution >= 4 is 33.8 Å². The van der Waals surface area contributed by atoms with Gasteiger partial charge in [-0.05, 0) is 30.1 Å². The number of quaternary nitrogens is 1. The van der Waals surface area contributed by atoms with E-state index in [1.807, 2.05) is 0 Å². The summed E-state index contributed by atoms with van der Waals surface area (Å²) in [4.78, 5) is 4.00. The van der Waals surface area contributed by atoms with Crippen LogP contribution in [0.5, 0.6) is 0 Å². The van der Waals surface area contributed by atoms with Crippen LogP contribution in [-0.2, 0) is 0 Å². The Kier molecular flexibility index (Phi) is 4.90. The van der Waals surface area contributed by atoms with Gasteiger partial charge in [0.15, 0.2) is 5.11 Å². The van der Waals surface area contributed by atoms with Gasteiger partial charge < -0.3 is 15.1 Å². The Hall–Kier alpha value is -1.65. The second-order valence-electron chi connectivity index (χ2n) is 5.94. The van der Waals surface area contributed by atoms with Crippen molar-refractivity contribution in [1.29, 1.82) is 0 Å².